The van der Waals surface area contributed by atoms with Gasteiger partial charge >= 0.3 is 0 Å². The van der Waals surface area contributed by atoms with E-state index in [-0.39, 0.29) is 5.91 Å². The van der Waals surface area contributed by atoms with Gasteiger partial charge in [-0.15, -0.1) is 0 Å². The van der Waals surface area contributed by atoms with E-state index in [1.807, 2.05) is 12.1 Å². The largest absolute Gasteiger partial charge is 0.480 e. The molecule has 1 aliphatic rings. The molecule has 1 saturated heterocycles. The quantitative estimate of drug-likeness (QED) is 0.718. The summed E-state index contributed by atoms with van der Waals surface area (Å²) in [5.74, 6) is 0.408. The molecule has 1 N–H and O–H groups in total. The minimum absolute atomic E-state index is 0.172. The van der Waals surface area contributed by atoms with Gasteiger partial charge in [-0.05, 0) is 58.7 Å². The summed E-state index contributed by atoms with van der Waals surface area (Å²) < 4.78 is 11.8. The summed E-state index contributed by atoms with van der Waals surface area (Å²) >= 11 is 9.31. The lowest BCUT2D eigenvalue weighted by Gasteiger charge is -2.28. The van der Waals surface area contributed by atoms with Crippen LogP contribution >= 0.6 is 27.5 Å². The first kappa shape index (κ1) is 20.0. The third kappa shape index (κ3) is 5.61. The predicted octanol–water partition coefficient (Wildman–Crippen LogP) is 4.02. The Kier molecular flexibility index (Phi) is 6.99. The second kappa shape index (κ2) is 9.44. The van der Waals surface area contributed by atoms with Crippen molar-refractivity contribution in [2.24, 2.45) is 0 Å². The molecule has 1 heterocycles. The van der Waals surface area contributed by atoms with Crippen LogP contribution in [-0.2, 0) is 16.1 Å². The van der Waals surface area contributed by atoms with Crippen molar-refractivity contribution in [2.75, 3.05) is 31.2 Å². The molecule has 2 aromatic rings. The van der Waals surface area contributed by atoms with Crippen LogP contribution in [0.25, 0.3) is 0 Å². The number of nitrogens with zero attached hydrogens (tertiary/aromatic N) is 1. The first-order chi connectivity index (χ1) is 13.0. The van der Waals surface area contributed by atoms with Crippen LogP contribution < -0.4 is 15.0 Å². The smallest absolute Gasteiger partial charge is 0.261 e. The molecule has 0 radical (unpaired) electrons. The Labute approximate surface area is 172 Å². The highest BCUT2D eigenvalue weighted by Crippen LogP contribution is 2.28. The Balaban J connectivity index is 1.50. The summed E-state index contributed by atoms with van der Waals surface area (Å²) in [7, 11) is 0. The lowest BCUT2D eigenvalue weighted by atomic mass is 10.2. The molecule has 0 aromatic heterocycles. The number of hydrogen-bond acceptors (Lipinski definition) is 4. The van der Waals surface area contributed by atoms with Gasteiger partial charge in [-0.25, -0.2) is 0 Å². The van der Waals surface area contributed by atoms with E-state index in [1.54, 1.807) is 25.1 Å². The highest BCUT2D eigenvalue weighted by atomic mass is 79.9. The topological polar surface area (TPSA) is 50.8 Å². The first-order valence-corrected chi connectivity index (χ1v) is 10.0. The Hall–Kier alpha value is -1.76. The van der Waals surface area contributed by atoms with Crippen molar-refractivity contribution in [2.45, 2.75) is 19.6 Å². The maximum atomic E-state index is 12.3. The van der Waals surface area contributed by atoms with Crippen LogP contribution in [0.3, 0.4) is 0 Å². The fourth-order valence-electron chi connectivity index (χ4n) is 2.79. The highest BCUT2D eigenvalue weighted by Gasteiger charge is 2.16. The monoisotopic (exact) mass is 452 g/mol. The molecular formula is C20H22BrClN2O3. The summed E-state index contributed by atoms with van der Waals surface area (Å²) in [6.45, 7) is 5.52. The highest BCUT2D eigenvalue weighted by molar-refractivity contribution is 9.10. The van der Waals surface area contributed by atoms with E-state index in [0.29, 0.717) is 21.8 Å². The summed E-state index contributed by atoms with van der Waals surface area (Å²) in [5.41, 5.74) is 2.22. The number of morpholine rings is 1. The Morgan fingerprint density at radius 3 is 2.63 bits per heavy atom. The molecule has 1 atom stereocenters. The van der Waals surface area contributed by atoms with Crippen LogP contribution in [0.2, 0.25) is 5.02 Å². The van der Waals surface area contributed by atoms with Crippen molar-refractivity contribution in [3.8, 4) is 5.75 Å². The molecule has 27 heavy (non-hydrogen) atoms. The number of anilines is 1. The van der Waals surface area contributed by atoms with E-state index in [1.165, 1.54) is 5.69 Å². The second-order valence-electron chi connectivity index (χ2n) is 6.32. The fraction of sp³-hybridized carbons (Fsp3) is 0.350. The lowest BCUT2D eigenvalue weighted by molar-refractivity contribution is -0.127. The molecule has 2 aromatic carbocycles. The summed E-state index contributed by atoms with van der Waals surface area (Å²) in [4.78, 5) is 14.6. The van der Waals surface area contributed by atoms with Crippen LogP contribution in [-0.4, -0.2) is 38.3 Å². The summed E-state index contributed by atoms with van der Waals surface area (Å²) in [5, 5.41) is 3.51. The van der Waals surface area contributed by atoms with E-state index in [9.17, 15) is 4.79 Å². The van der Waals surface area contributed by atoms with Gasteiger partial charge in [0.25, 0.3) is 5.91 Å². The van der Waals surface area contributed by atoms with Gasteiger partial charge in [-0.3, -0.25) is 4.79 Å². The van der Waals surface area contributed by atoms with Crippen LogP contribution in [0.5, 0.6) is 5.75 Å². The molecule has 1 amide bonds. The fourth-order valence-corrected chi connectivity index (χ4v) is 3.57. The zero-order chi connectivity index (χ0) is 19.2. The number of carbonyl (C=O) groups is 1. The predicted molar refractivity (Wildman–Crippen MR) is 111 cm³/mol. The minimum Gasteiger partial charge on any atom is -0.480 e. The zero-order valence-electron chi connectivity index (χ0n) is 15.1. The first-order valence-electron chi connectivity index (χ1n) is 8.84. The van der Waals surface area contributed by atoms with Gasteiger partial charge in [0.1, 0.15) is 5.75 Å². The van der Waals surface area contributed by atoms with Crippen LogP contribution in [0.4, 0.5) is 5.69 Å². The van der Waals surface area contributed by atoms with Crippen LogP contribution in [0, 0.1) is 0 Å². The summed E-state index contributed by atoms with van der Waals surface area (Å²) in [6, 6.07) is 13.4. The number of halogens is 2. The molecule has 3 rings (SSSR count). The van der Waals surface area contributed by atoms with Crippen molar-refractivity contribution in [1.82, 2.24) is 5.32 Å². The number of amides is 1. The summed E-state index contributed by atoms with van der Waals surface area (Å²) in [6.07, 6.45) is -0.616. The average Bonchev–Trinajstić information content (AvgIpc) is 2.69. The molecule has 0 saturated carbocycles. The molecule has 144 valence electrons. The molecule has 0 bridgehead atoms. The lowest BCUT2D eigenvalue weighted by Crippen LogP contribution is -2.36. The Bertz CT molecular complexity index is 779. The number of nitrogens with one attached hydrogen (secondary N) is 1. The third-order valence-corrected chi connectivity index (χ3v) is 5.20. The van der Waals surface area contributed by atoms with Gasteiger partial charge in [0.15, 0.2) is 6.10 Å². The van der Waals surface area contributed by atoms with E-state index in [0.717, 1.165) is 31.9 Å². The van der Waals surface area contributed by atoms with Crippen LogP contribution in [0.15, 0.2) is 46.9 Å². The van der Waals surface area contributed by atoms with Gasteiger partial charge < -0.3 is 19.7 Å². The number of rotatable bonds is 6. The molecule has 0 spiro atoms. The van der Waals surface area contributed by atoms with Gasteiger partial charge in [0.05, 0.1) is 17.7 Å². The Morgan fingerprint density at radius 2 is 1.96 bits per heavy atom. The third-order valence-electron chi connectivity index (χ3n) is 4.35. The van der Waals surface area contributed by atoms with Crippen molar-refractivity contribution < 1.29 is 14.3 Å². The SMILES string of the molecule is CC(Oc1ccc(Cl)cc1Br)C(=O)NCc1ccc(N2CCOCC2)cc1. The second-order valence-corrected chi connectivity index (χ2v) is 7.61. The molecule has 5 nitrogen and oxygen atoms in total. The molecule has 1 fully saturated rings. The van der Waals surface area contributed by atoms with Crippen LogP contribution in [0.1, 0.15) is 12.5 Å². The van der Waals surface area contributed by atoms with Crippen molar-refractivity contribution in [3.63, 3.8) is 0 Å². The van der Waals surface area contributed by atoms with E-state index >= 15 is 0 Å². The molecule has 0 aliphatic carbocycles. The van der Waals surface area contributed by atoms with Crippen molar-refractivity contribution >= 4 is 39.1 Å². The number of carbonyl (C=O) groups excluding carboxylic acids is 1. The molecule has 1 aliphatic heterocycles. The van der Waals surface area contributed by atoms with Gasteiger partial charge in [-0.2, -0.15) is 0 Å². The zero-order valence-corrected chi connectivity index (χ0v) is 17.4. The van der Waals surface area contributed by atoms with Crippen molar-refractivity contribution in [1.29, 1.82) is 0 Å². The molecule has 7 heteroatoms. The number of hydrogen-bond donors (Lipinski definition) is 1. The number of benzene rings is 2. The average molecular weight is 454 g/mol. The van der Waals surface area contributed by atoms with E-state index in [2.05, 4.69) is 38.3 Å². The molecule has 1 unspecified atom stereocenters. The van der Waals surface area contributed by atoms with Gasteiger partial charge in [-0.1, -0.05) is 23.7 Å². The minimum atomic E-state index is -0.616. The van der Waals surface area contributed by atoms with Crippen molar-refractivity contribution in [3.05, 3.63) is 57.5 Å². The normalized spacial score (nSPS) is 15.3. The maximum Gasteiger partial charge on any atom is 0.261 e. The number of ether oxygens (including phenoxy) is 2. The van der Waals surface area contributed by atoms with Gasteiger partial charge in [0.2, 0.25) is 0 Å². The molecular weight excluding hydrogens is 432 g/mol. The Morgan fingerprint density at radius 1 is 1.26 bits per heavy atom. The maximum absolute atomic E-state index is 12.3. The standard InChI is InChI=1S/C20H22BrClN2O3/c1-14(27-19-7-4-16(22)12-18(19)21)20(25)23-13-15-2-5-17(6-3-15)24-8-10-26-11-9-24/h2-7,12,14H,8-11,13H2,1H3,(H,23,25). The van der Waals surface area contributed by atoms with Gasteiger partial charge in [0, 0.05) is 30.3 Å². The van der Waals surface area contributed by atoms with E-state index in [4.69, 9.17) is 21.1 Å². The van der Waals surface area contributed by atoms with E-state index < -0.39 is 6.10 Å².